The minimum Gasteiger partial charge on any atom is -0.361 e. The van der Waals surface area contributed by atoms with Crippen molar-refractivity contribution in [1.82, 2.24) is 25.6 Å². The van der Waals surface area contributed by atoms with E-state index in [1.807, 2.05) is 31.9 Å². The Kier molecular flexibility index (Phi) is 4.36. The summed E-state index contributed by atoms with van der Waals surface area (Å²) < 4.78 is 5.20. The topological polar surface area (TPSA) is 87.1 Å². The molecule has 3 heterocycles. The number of aryl methyl sites for hydroxylation is 2. The molecule has 0 aromatic carbocycles. The lowest BCUT2D eigenvalue weighted by Crippen LogP contribution is -2.45. The molecule has 1 aliphatic heterocycles. The number of rotatable bonds is 3. The first-order valence-electron chi connectivity index (χ1n) is 8.06. The molecule has 2 N–H and O–H groups in total. The van der Waals surface area contributed by atoms with Crippen molar-refractivity contribution < 1.29 is 9.32 Å². The highest BCUT2D eigenvalue weighted by molar-refractivity contribution is 5.75. The maximum Gasteiger partial charge on any atom is 0.318 e. The maximum atomic E-state index is 12.8. The van der Waals surface area contributed by atoms with Crippen LogP contribution in [0.2, 0.25) is 0 Å². The van der Waals surface area contributed by atoms with Crippen LogP contribution in [0.4, 0.5) is 4.79 Å². The van der Waals surface area contributed by atoms with Gasteiger partial charge in [-0.15, -0.1) is 0 Å². The average Bonchev–Trinajstić information content (AvgIpc) is 3.17. The van der Waals surface area contributed by atoms with Gasteiger partial charge in [-0.3, -0.25) is 5.10 Å². The van der Waals surface area contributed by atoms with Crippen molar-refractivity contribution in [3.8, 4) is 0 Å². The zero-order valence-corrected chi connectivity index (χ0v) is 13.8. The molecule has 0 spiro atoms. The molecule has 1 aliphatic rings. The van der Waals surface area contributed by atoms with Crippen molar-refractivity contribution in [3.05, 3.63) is 35.0 Å². The van der Waals surface area contributed by atoms with E-state index in [9.17, 15) is 4.79 Å². The van der Waals surface area contributed by atoms with E-state index in [4.69, 9.17) is 4.52 Å². The molecule has 124 valence electrons. The van der Waals surface area contributed by atoms with E-state index in [0.717, 1.165) is 48.4 Å². The predicted octanol–water partition coefficient (Wildman–Crippen LogP) is 3.01. The van der Waals surface area contributed by atoms with Crippen LogP contribution in [0.3, 0.4) is 0 Å². The Hall–Kier alpha value is -2.31. The van der Waals surface area contributed by atoms with Crippen LogP contribution in [-0.2, 0) is 0 Å². The number of piperidine rings is 1. The highest BCUT2D eigenvalue weighted by Crippen LogP contribution is 2.31. The number of hydrogen-bond acceptors (Lipinski definition) is 4. The summed E-state index contributed by atoms with van der Waals surface area (Å²) >= 11 is 0. The normalized spacial score (nSPS) is 19.6. The molecule has 0 saturated carbocycles. The summed E-state index contributed by atoms with van der Waals surface area (Å²) in [5.74, 6) is 0.750. The molecule has 2 unspecified atom stereocenters. The second kappa shape index (κ2) is 6.44. The molecule has 0 bridgehead atoms. The molecular weight excluding hydrogens is 294 g/mol. The van der Waals surface area contributed by atoms with Crippen molar-refractivity contribution in [2.45, 2.75) is 52.1 Å². The summed E-state index contributed by atoms with van der Waals surface area (Å²) in [4.78, 5) is 14.7. The van der Waals surface area contributed by atoms with Gasteiger partial charge in [0.15, 0.2) is 0 Å². The van der Waals surface area contributed by atoms with Crippen molar-refractivity contribution in [2.75, 3.05) is 6.54 Å². The number of carbonyl (C=O) groups excluding carboxylic acids is 1. The maximum absolute atomic E-state index is 12.8. The molecule has 23 heavy (non-hydrogen) atoms. The minimum absolute atomic E-state index is 0.0524. The van der Waals surface area contributed by atoms with E-state index >= 15 is 0 Å². The third-order valence-electron chi connectivity index (χ3n) is 4.53. The Balaban J connectivity index is 1.73. The Labute approximate surface area is 135 Å². The van der Waals surface area contributed by atoms with Gasteiger partial charge in [0.1, 0.15) is 5.76 Å². The first-order valence-corrected chi connectivity index (χ1v) is 8.06. The zero-order chi connectivity index (χ0) is 16.4. The van der Waals surface area contributed by atoms with Crippen LogP contribution in [0.5, 0.6) is 0 Å². The van der Waals surface area contributed by atoms with Crippen molar-refractivity contribution in [3.63, 3.8) is 0 Å². The zero-order valence-electron chi connectivity index (χ0n) is 13.8. The van der Waals surface area contributed by atoms with Gasteiger partial charge >= 0.3 is 6.03 Å². The van der Waals surface area contributed by atoms with Crippen molar-refractivity contribution in [1.29, 1.82) is 0 Å². The fourth-order valence-electron chi connectivity index (χ4n) is 3.41. The number of aromatic amines is 1. The summed E-state index contributed by atoms with van der Waals surface area (Å²) in [6.45, 7) is 6.48. The first kappa shape index (κ1) is 15.6. The third kappa shape index (κ3) is 3.09. The molecule has 2 aromatic rings. The van der Waals surface area contributed by atoms with Crippen molar-refractivity contribution >= 4 is 6.03 Å². The monoisotopic (exact) mass is 317 g/mol. The first-order chi connectivity index (χ1) is 11.1. The second-order valence-electron chi connectivity index (χ2n) is 6.15. The summed E-state index contributed by atoms with van der Waals surface area (Å²) in [6.07, 6.45) is 6.79. The second-order valence-corrected chi connectivity index (χ2v) is 6.15. The van der Waals surface area contributed by atoms with Gasteiger partial charge in [-0.1, -0.05) is 5.16 Å². The number of H-pyrrole nitrogens is 1. The average molecular weight is 317 g/mol. The number of carbonyl (C=O) groups is 1. The lowest BCUT2D eigenvalue weighted by Gasteiger charge is -2.36. The van der Waals surface area contributed by atoms with Gasteiger partial charge in [0.2, 0.25) is 0 Å². The van der Waals surface area contributed by atoms with Crippen LogP contribution in [0, 0.1) is 13.8 Å². The minimum atomic E-state index is -0.138. The smallest absolute Gasteiger partial charge is 0.318 e. The predicted molar refractivity (Wildman–Crippen MR) is 84.8 cm³/mol. The molecule has 2 amide bonds. The van der Waals surface area contributed by atoms with Gasteiger partial charge in [0, 0.05) is 23.9 Å². The van der Waals surface area contributed by atoms with Gasteiger partial charge in [0.05, 0.1) is 24.0 Å². The molecule has 7 nitrogen and oxygen atoms in total. The number of hydrogen-bond donors (Lipinski definition) is 2. The molecule has 1 saturated heterocycles. The number of nitrogens with zero attached hydrogens (tertiary/aromatic N) is 3. The van der Waals surface area contributed by atoms with E-state index in [1.54, 1.807) is 6.20 Å². The van der Waals surface area contributed by atoms with E-state index in [1.165, 1.54) is 0 Å². The molecule has 2 aromatic heterocycles. The van der Waals surface area contributed by atoms with Gasteiger partial charge in [-0.25, -0.2) is 4.79 Å². The fourth-order valence-corrected chi connectivity index (χ4v) is 3.41. The third-order valence-corrected chi connectivity index (χ3v) is 4.53. The summed E-state index contributed by atoms with van der Waals surface area (Å²) in [6, 6.07) is -0.108. The van der Waals surface area contributed by atoms with Crippen LogP contribution in [0.1, 0.15) is 60.9 Å². The molecule has 2 atom stereocenters. The Morgan fingerprint density at radius 2 is 2.30 bits per heavy atom. The van der Waals surface area contributed by atoms with Gasteiger partial charge in [0.25, 0.3) is 0 Å². The van der Waals surface area contributed by atoms with E-state index in [2.05, 4.69) is 20.7 Å². The lowest BCUT2D eigenvalue weighted by atomic mass is 9.98. The molecule has 7 heteroatoms. The molecule has 0 radical (unpaired) electrons. The van der Waals surface area contributed by atoms with Crippen LogP contribution >= 0.6 is 0 Å². The highest BCUT2D eigenvalue weighted by Gasteiger charge is 2.30. The number of nitrogens with one attached hydrogen (secondary N) is 2. The number of urea groups is 1. The van der Waals surface area contributed by atoms with Crippen LogP contribution in [0.25, 0.3) is 0 Å². The molecular formula is C16H23N5O2. The van der Waals surface area contributed by atoms with Crippen LogP contribution in [0.15, 0.2) is 16.9 Å². The summed E-state index contributed by atoms with van der Waals surface area (Å²) in [7, 11) is 0. The molecule has 3 rings (SSSR count). The Morgan fingerprint density at radius 1 is 1.48 bits per heavy atom. The van der Waals surface area contributed by atoms with E-state index in [0.29, 0.717) is 0 Å². The Morgan fingerprint density at radius 3 is 2.96 bits per heavy atom. The standard InChI is InChI=1S/C16H23N5O2/c1-10(15-11(2)20-23-12(15)3)19-16(22)21-7-5-4-6-14(21)13-8-17-18-9-13/h8-10,14H,4-7H2,1-3H3,(H,17,18)(H,19,22). The van der Waals surface area contributed by atoms with Crippen LogP contribution in [-0.4, -0.2) is 32.8 Å². The van der Waals surface area contributed by atoms with Gasteiger partial charge < -0.3 is 14.7 Å². The largest absolute Gasteiger partial charge is 0.361 e. The van der Waals surface area contributed by atoms with E-state index in [-0.39, 0.29) is 18.1 Å². The summed E-state index contributed by atoms with van der Waals surface area (Å²) in [5.41, 5.74) is 2.83. The molecule has 0 aliphatic carbocycles. The quantitative estimate of drug-likeness (QED) is 0.911. The fraction of sp³-hybridized carbons (Fsp3) is 0.562. The van der Waals surface area contributed by atoms with E-state index < -0.39 is 0 Å². The van der Waals surface area contributed by atoms with Crippen LogP contribution < -0.4 is 5.32 Å². The number of likely N-dealkylation sites (tertiary alicyclic amines) is 1. The van der Waals surface area contributed by atoms with Gasteiger partial charge in [-0.05, 0) is 40.0 Å². The van der Waals surface area contributed by atoms with Crippen molar-refractivity contribution in [2.24, 2.45) is 0 Å². The SMILES string of the molecule is Cc1noc(C)c1C(C)NC(=O)N1CCCCC1c1cn[nH]c1. The Bertz CT molecular complexity index is 645. The number of amides is 2. The highest BCUT2D eigenvalue weighted by atomic mass is 16.5. The molecule has 1 fully saturated rings. The number of aromatic nitrogens is 3. The lowest BCUT2D eigenvalue weighted by molar-refractivity contribution is 0.149. The summed E-state index contributed by atoms with van der Waals surface area (Å²) in [5, 5.41) is 13.9. The van der Waals surface area contributed by atoms with Gasteiger partial charge in [-0.2, -0.15) is 5.10 Å².